The molecule has 1 saturated carbocycles. The van der Waals surface area contributed by atoms with Gasteiger partial charge in [0.1, 0.15) is 0 Å². The molecule has 3 aromatic rings. The Morgan fingerprint density at radius 3 is 2.39 bits per heavy atom. The largest absolute Gasteiger partial charge is 0.335 e. The number of nitrogens with one attached hydrogen (secondary N) is 1. The molecule has 3 N–H and O–H groups in total. The molecule has 2 unspecified atom stereocenters. The number of hydrogen-bond acceptors (Lipinski definition) is 5. The van der Waals surface area contributed by atoms with Crippen molar-refractivity contribution in [3.8, 4) is 0 Å². The van der Waals surface area contributed by atoms with Crippen molar-refractivity contribution in [3.05, 3.63) is 58.7 Å². The number of carbonyl (C=O) groups is 1. The number of rotatable bonds is 8. The van der Waals surface area contributed by atoms with Crippen molar-refractivity contribution in [2.45, 2.75) is 92.9 Å². The van der Waals surface area contributed by atoms with E-state index in [1.165, 1.54) is 54.1 Å². The van der Waals surface area contributed by atoms with Gasteiger partial charge in [0, 0.05) is 46.3 Å². The van der Waals surface area contributed by atoms with Crippen molar-refractivity contribution in [1.29, 1.82) is 0 Å². The third-order valence-electron chi connectivity index (χ3n) is 8.89. The van der Waals surface area contributed by atoms with E-state index < -0.39 is 33.5 Å². The highest BCUT2D eigenvalue weighted by Crippen LogP contribution is 2.40. The van der Waals surface area contributed by atoms with Crippen molar-refractivity contribution < 1.29 is 22.0 Å². The first-order chi connectivity index (χ1) is 19.5. The number of sulfonamides is 1. The van der Waals surface area contributed by atoms with Crippen LogP contribution in [0.15, 0.2) is 58.0 Å². The van der Waals surface area contributed by atoms with Crippen molar-refractivity contribution >= 4 is 42.8 Å². The Hall–Kier alpha value is -2.41. The molecule has 3 atom stereocenters. The summed E-state index contributed by atoms with van der Waals surface area (Å²) in [4.78, 5) is 15.2. The van der Waals surface area contributed by atoms with Crippen LogP contribution in [0.4, 0.5) is 8.78 Å². The summed E-state index contributed by atoms with van der Waals surface area (Å²) in [7, 11) is -4.52. The van der Waals surface area contributed by atoms with Gasteiger partial charge < -0.3 is 10.6 Å². The van der Waals surface area contributed by atoms with Crippen LogP contribution in [0.1, 0.15) is 56.9 Å². The second-order valence-electron chi connectivity index (χ2n) is 11.8. The monoisotopic (exact) mass is 649 g/mol. The Labute approximate surface area is 246 Å². The number of nitrogens with zero attached hydrogens (tertiary/aromatic N) is 3. The lowest BCUT2D eigenvalue weighted by Gasteiger charge is -2.41. The molecule has 1 aromatic heterocycles. The SMILES string of the molecule is NC1CC2CCC(C1)N2C(=O)[C@@H](NS(=O)(=O)c1ccc2nn(CC3CCCC3)cc2c1)C(F)(F)c1ccc(Br)cc1. The highest BCUT2D eigenvalue weighted by atomic mass is 79.9. The second kappa shape index (κ2) is 11.0. The van der Waals surface area contributed by atoms with Gasteiger partial charge in [0.2, 0.25) is 15.9 Å². The predicted molar refractivity (Wildman–Crippen MR) is 155 cm³/mol. The molecule has 3 fully saturated rings. The summed E-state index contributed by atoms with van der Waals surface area (Å²) >= 11 is 3.25. The quantitative estimate of drug-likeness (QED) is 0.360. The molecule has 2 bridgehead atoms. The van der Waals surface area contributed by atoms with Crippen LogP contribution in [-0.4, -0.2) is 53.2 Å². The molecule has 0 spiro atoms. The number of carbonyl (C=O) groups excluding carboxylic acids is 1. The van der Waals surface area contributed by atoms with Gasteiger partial charge in [-0.05, 0) is 74.8 Å². The first-order valence-electron chi connectivity index (χ1n) is 14.2. The van der Waals surface area contributed by atoms with Crippen LogP contribution in [0, 0.1) is 5.92 Å². The van der Waals surface area contributed by atoms with Crippen molar-refractivity contribution in [2.24, 2.45) is 11.7 Å². The molecule has 8 nitrogen and oxygen atoms in total. The first-order valence-corrected chi connectivity index (χ1v) is 16.5. The van der Waals surface area contributed by atoms with Crippen LogP contribution in [0.5, 0.6) is 0 Å². The van der Waals surface area contributed by atoms with E-state index in [1.807, 2.05) is 4.68 Å². The lowest BCUT2D eigenvalue weighted by atomic mass is 9.95. The Morgan fingerprint density at radius 2 is 1.73 bits per heavy atom. The van der Waals surface area contributed by atoms with E-state index in [0.717, 1.165) is 19.4 Å². The van der Waals surface area contributed by atoms with E-state index in [4.69, 9.17) is 5.73 Å². The molecule has 1 amide bonds. The zero-order chi connectivity index (χ0) is 28.9. The fourth-order valence-corrected chi connectivity index (χ4v) is 8.33. The molecule has 41 heavy (non-hydrogen) atoms. The molecule has 12 heteroatoms. The molecule has 2 aromatic carbocycles. The van der Waals surface area contributed by atoms with Crippen molar-refractivity contribution in [3.63, 3.8) is 0 Å². The number of aromatic nitrogens is 2. The summed E-state index contributed by atoms with van der Waals surface area (Å²) in [6.45, 7) is 0.757. The van der Waals surface area contributed by atoms with E-state index in [-0.39, 0.29) is 23.0 Å². The Bertz CT molecular complexity index is 1530. The summed E-state index contributed by atoms with van der Waals surface area (Å²) in [5, 5.41) is 5.17. The number of fused-ring (bicyclic) bond motifs is 3. The minimum Gasteiger partial charge on any atom is -0.335 e. The molecule has 3 aliphatic rings. The molecule has 6 rings (SSSR count). The number of hydrogen-bond donors (Lipinski definition) is 2. The number of amides is 1. The van der Waals surface area contributed by atoms with Crippen LogP contribution >= 0.6 is 15.9 Å². The topological polar surface area (TPSA) is 110 Å². The fraction of sp³-hybridized carbons (Fsp3) is 0.517. The third kappa shape index (κ3) is 5.68. The molecule has 3 heterocycles. The number of benzene rings is 2. The molecule has 220 valence electrons. The van der Waals surface area contributed by atoms with Crippen LogP contribution in [0.2, 0.25) is 0 Å². The van der Waals surface area contributed by atoms with Gasteiger partial charge in [-0.25, -0.2) is 8.42 Å². The number of alkyl halides is 2. The summed E-state index contributed by atoms with van der Waals surface area (Å²) in [5.74, 6) is -4.20. The fourth-order valence-electron chi connectivity index (χ4n) is 6.84. The second-order valence-corrected chi connectivity index (χ2v) is 14.4. The summed E-state index contributed by atoms with van der Waals surface area (Å²) in [6, 6.07) is 6.63. The smallest absolute Gasteiger partial charge is 0.298 e. The molecule has 1 aliphatic carbocycles. The Morgan fingerprint density at radius 1 is 1.07 bits per heavy atom. The lowest BCUT2D eigenvalue weighted by Crippen LogP contribution is -2.60. The lowest BCUT2D eigenvalue weighted by molar-refractivity contribution is -0.149. The molecule has 2 saturated heterocycles. The molecule has 2 aliphatic heterocycles. The van der Waals surface area contributed by atoms with Crippen molar-refractivity contribution in [2.75, 3.05) is 0 Å². The highest BCUT2D eigenvalue weighted by Gasteiger charge is 2.53. The van der Waals surface area contributed by atoms with Gasteiger partial charge in [-0.2, -0.15) is 18.6 Å². The third-order valence-corrected chi connectivity index (χ3v) is 10.8. The zero-order valence-corrected chi connectivity index (χ0v) is 25.0. The summed E-state index contributed by atoms with van der Waals surface area (Å²) < 4.78 is 64.2. The van der Waals surface area contributed by atoms with E-state index in [1.54, 1.807) is 12.3 Å². The summed E-state index contributed by atoms with van der Waals surface area (Å²) in [5.41, 5.74) is 6.32. The predicted octanol–water partition coefficient (Wildman–Crippen LogP) is 4.91. The van der Waals surface area contributed by atoms with Gasteiger partial charge in [0.25, 0.3) is 5.92 Å². The van der Waals surface area contributed by atoms with Gasteiger partial charge in [-0.15, -0.1) is 0 Å². The minimum atomic E-state index is -4.52. The normalized spacial score (nSPS) is 24.3. The van der Waals surface area contributed by atoms with Crippen LogP contribution < -0.4 is 10.5 Å². The molecular weight excluding hydrogens is 616 g/mol. The van der Waals surface area contributed by atoms with Gasteiger partial charge >= 0.3 is 0 Å². The van der Waals surface area contributed by atoms with Gasteiger partial charge in [-0.1, -0.05) is 40.9 Å². The average molecular weight is 651 g/mol. The highest BCUT2D eigenvalue weighted by molar-refractivity contribution is 9.10. The standard InChI is InChI=1S/C29H34BrF2N5O3S/c30-21-7-5-20(6-8-21)29(31,32)27(28(38)37-23-9-10-24(37)15-22(33)14-23)35-41(39,40)25-11-12-26-19(13-25)17-36(34-26)16-18-3-1-2-4-18/h5-8,11-13,17-18,22-24,27,35H,1-4,9-10,14-16,33H2/t22?,23?,24?,27-/m1/s1. The summed E-state index contributed by atoms with van der Waals surface area (Å²) in [6.07, 6.45) is 8.83. The van der Waals surface area contributed by atoms with Crippen LogP contribution in [0.25, 0.3) is 10.9 Å². The van der Waals surface area contributed by atoms with E-state index in [2.05, 4.69) is 25.8 Å². The first kappa shape index (κ1) is 28.7. The van der Waals surface area contributed by atoms with E-state index >= 15 is 8.78 Å². The maximum absolute atomic E-state index is 16.2. The number of nitrogens with two attached hydrogens (primary N) is 1. The average Bonchev–Trinajstić information content (AvgIpc) is 3.65. The van der Waals surface area contributed by atoms with Crippen LogP contribution in [-0.2, 0) is 27.3 Å². The molecule has 0 radical (unpaired) electrons. The van der Waals surface area contributed by atoms with E-state index in [0.29, 0.717) is 47.0 Å². The Kier molecular flexibility index (Phi) is 7.71. The maximum atomic E-state index is 16.2. The van der Waals surface area contributed by atoms with Crippen molar-refractivity contribution in [1.82, 2.24) is 19.4 Å². The van der Waals surface area contributed by atoms with Gasteiger partial charge in [0.15, 0.2) is 6.04 Å². The van der Waals surface area contributed by atoms with Gasteiger partial charge in [0.05, 0.1) is 10.4 Å². The zero-order valence-electron chi connectivity index (χ0n) is 22.6. The number of piperidine rings is 1. The maximum Gasteiger partial charge on any atom is 0.298 e. The number of halogens is 3. The van der Waals surface area contributed by atoms with E-state index in [9.17, 15) is 13.2 Å². The minimum absolute atomic E-state index is 0.111. The Balaban J connectivity index is 1.32. The van der Waals surface area contributed by atoms with Crippen LogP contribution in [0.3, 0.4) is 0 Å². The van der Waals surface area contributed by atoms with Gasteiger partial charge in [-0.3, -0.25) is 9.48 Å². The molecular formula is C29H34BrF2N5O3S.